The van der Waals surface area contributed by atoms with Crippen molar-refractivity contribution >= 4 is 5.97 Å². The minimum Gasteiger partial charge on any atom is -0.481 e. The molecule has 0 bridgehead atoms. The topological polar surface area (TPSA) is 37.3 Å². The minimum atomic E-state index is -0.675. The summed E-state index contributed by atoms with van der Waals surface area (Å²) >= 11 is 0. The number of carboxylic acid groups (broad SMARTS) is 1. The van der Waals surface area contributed by atoms with Crippen molar-refractivity contribution in [3.8, 4) is 0 Å². The monoisotopic (exact) mass is 322 g/mol. The lowest BCUT2D eigenvalue weighted by atomic mass is 9.97. The zero-order valence-electron chi connectivity index (χ0n) is 15.9. The molecule has 0 aliphatic rings. The van der Waals surface area contributed by atoms with Gasteiger partial charge in [-0.25, -0.2) is 0 Å². The third kappa shape index (κ3) is 15.6. The van der Waals surface area contributed by atoms with Crippen LogP contribution in [0, 0.1) is 5.92 Å². The van der Waals surface area contributed by atoms with Gasteiger partial charge < -0.3 is 5.11 Å². The van der Waals surface area contributed by atoms with Crippen LogP contribution in [0.5, 0.6) is 0 Å². The Bertz CT molecular complexity index is 366. The lowest BCUT2D eigenvalue weighted by molar-refractivity contribution is -0.137. The van der Waals surface area contributed by atoms with Crippen LogP contribution in [0.15, 0.2) is 23.3 Å². The Morgan fingerprint density at radius 1 is 1.00 bits per heavy atom. The lowest BCUT2D eigenvalue weighted by Gasteiger charge is -2.09. The number of rotatable bonds is 14. The van der Waals surface area contributed by atoms with Gasteiger partial charge in [0.1, 0.15) is 0 Å². The molecule has 0 amide bonds. The summed E-state index contributed by atoms with van der Waals surface area (Å²) in [7, 11) is 0. The van der Waals surface area contributed by atoms with E-state index in [9.17, 15) is 4.79 Å². The van der Waals surface area contributed by atoms with E-state index in [0.29, 0.717) is 12.3 Å². The highest BCUT2D eigenvalue weighted by atomic mass is 16.4. The molecule has 2 nitrogen and oxygen atoms in total. The van der Waals surface area contributed by atoms with Crippen molar-refractivity contribution < 1.29 is 9.90 Å². The SMILES string of the molecule is CCCCCC/C=C(/C)C/C(C)=C/[C@H](C)CCCCCC(=O)O. The summed E-state index contributed by atoms with van der Waals surface area (Å²) in [5.41, 5.74) is 2.95. The first-order valence-corrected chi connectivity index (χ1v) is 9.50. The van der Waals surface area contributed by atoms with Gasteiger partial charge in [-0.2, -0.15) is 0 Å². The van der Waals surface area contributed by atoms with Crippen LogP contribution in [-0.4, -0.2) is 11.1 Å². The summed E-state index contributed by atoms with van der Waals surface area (Å²) in [6, 6.07) is 0. The number of carboxylic acids is 1. The van der Waals surface area contributed by atoms with Gasteiger partial charge in [0.2, 0.25) is 0 Å². The fourth-order valence-corrected chi connectivity index (χ4v) is 2.98. The van der Waals surface area contributed by atoms with Crippen LogP contribution in [0.3, 0.4) is 0 Å². The molecule has 23 heavy (non-hydrogen) atoms. The molecular weight excluding hydrogens is 284 g/mol. The van der Waals surface area contributed by atoms with Gasteiger partial charge in [0, 0.05) is 6.42 Å². The summed E-state index contributed by atoms with van der Waals surface area (Å²) in [6.45, 7) is 9.00. The van der Waals surface area contributed by atoms with Gasteiger partial charge in [0.05, 0.1) is 0 Å². The summed E-state index contributed by atoms with van der Waals surface area (Å²) in [4.78, 5) is 10.5. The summed E-state index contributed by atoms with van der Waals surface area (Å²) in [5.74, 6) is -0.0806. The predicted molar refractivity (Wildman–Crippen MR) is 101 cm³/mol. The van der Waals surface area contributed by atoms with E-state index in [1.54, 1.807) is 0 Å². The Hall–Kier alpha value is -1.05. The Morgan fingerprint density at radius 2 is 1.70 bits per heavy atom. The first-order valence-electron chi connectivity index (χ1n) is 9.50. The number of carbonyl (C=O) groups is 1. The molecule has 0 fully saturated rings. The second-order valence-corrected chi connectivity index (χ2v) is 7.06. The van der Waals surface area contributed by atoms with Crippen LogP contribution in [0.4, 0.5) is 0 Å². The highest BCUT2D eigenvalue weighted by molar-refractivity contribution is 5.66. The highest BCUT2D eigenvalue weighted by Crippen LogP contribution is 2.18. The lowest BCUT2D eigenvalue weighted by Crippen LogP contribution is -1.95. The number of hydrogen-bond donors (Lipinski definition) is 1. The van der Waals surface area contributed by atoms with Crippen molar-refractivity contribution in [2.24, 2.45) is 5.92 Å². The van der Waals surface area contributed by atoms with Crippen LogP contribution in [0.25, 0.3) is 0 Å². The zero-order chi connectivity index (χ0) is 17.5. The summed E-state index contributed by atoms with van der Waals surface area (Å²) < 4.78 is 0. The second-order valence-electron chi connectivity index (χ2n) is 7.06. The number of unbranched alkanes of at least 4 members (excludes halogenated alkanes) is 6. The molecule has 0 aliphatic heterocycles. The second kappa shape index (κ2) is 14.5. The molecule has 0 unspecified atom stereocenters. The maximum absolute atomic E-state index is 10.5. The van der Waals surface area contributed by atoms with Gasteiger partial charge in [-0.15, -0.1) is 0 Å². The Morgan fingerprint density at radius 3 is 2.35 bits per heavy atom. The standard InChI is InChI=1S/C21H38O2/c1-5-6-7-8-10-13-18(2)16-20(4)17-19(3)14-11-9-12-15-21(22)23/h13,17,19H,5-12,14-16H2,1-4H3,(H,22,23)/b18-13-,20-17+/t19-/m1/s1. The molecule has 0 rings (SSSR count). The normalized spacial score (nSPS) is 14.1. The Labute approximate surface area is 144 Å². The fourth-order valence-electron chi connectivity index (χ4n) is 2.98. The summed E-state index contributed by atoms with van der Waals surface area (Å²) in [6.07, 6.45) is 16.9. The van der Waals surface area contributed by atoms with Gasteiger partial charge in [0.25, 0.3) is 0 Å². The minimum absolute atomic E-state index is 0.311. The van der Waals surface area contributed by atoms with Crippen molar-refractivity contribution in [1.82, 2.24) is 0 Å². The largest absolute Gasteiger partial charge is 0.481 e. The zero-order valence-corrected chi connectivity index (χ0v) is 15.9. The van der Waals surface area contributed by atoms with E-state index in [1.165, 1.54) is 43.3 Å². The van der Waals surface area contributed by atoms with Crippen LogP contribution in [0.2, 0.25) is 0 Å². The van der Waals surface area contributed by atoms with Gasteiger partial charge in [-0.3, -0.25) is 4.79 Å². The molecule has 0 aromatic rings. The third-order valence-electron chi connectivity index (χ3n) is 4.23. The smallest absolute Gasteiger partial charge is 0.303 e. The van der Waals surface area contributed by atoms with Crippen LogP contribution in [0.1, 0.15) is 98.3 Å². The Balaban J connectivity index is 3.88. The Kier molecular flexibility index (Phi) is 13.9. The molecule has 2 heteroatoms. The molecule has 0 saturated heterocycles. The molecule has 134 valence electrons. The van der Waals surface area contributed by atoms with E-state index in [4.69, 9.17) is 5.11 Å². The highest BCUT2D eigenvalue weighted by Gasteiger charge is 2.02. The van der Waals surface area contributed by atoms with Crippen molar-refractivity contribution in [2.45, 2.75) is 98.3 Å². The average molecular weight is 323 g/mol. The van der Waals surface area contributed by atoms with Crippen LogP contribution < -0.4 is 0 Å². The molecule has 1 N–H and O–H groups in total. The van der Waals surface area contributed by atoms with Crippen LogP contribution >= 0.6 is 0 Å². The molecule has 0 radical (unpaired) electrons. The van der Waals surface area contributed by atoms with E-state index in [2.05, 4.69) is 39.8 Å². The molecule has 0 aliphatic carbocycles. The first kappa shape index (κ1) is 21.9. The maximum atomic E-state index is 10.5. The molecular formula is C21H38O2. The molecule has 0 heterocycles. The first-order chi connectivity index (χ1) is 11.0. The molecule has 0 aromatic carbocycles. The van der Waals surface area contributed by atoms with Gasteiger partial charge >= 0.3 is 5.97 Å². The van der Waals surface area contributed by atoms with Gasteiger partial charge in [-0.05, 0) is 51.9 Å². The average Bonchev–Trinajstić information content (AvgIpc) is 2.46. The van der Waals surface area contributed by atoms with E-state index in [1.807, 2.05) is 0 Å². The van der Waals surface area contributed by atoms with Crippen LogP contribution in [-0.2, 0) is 4.79 Å². The number of aliphatic carboxylic acids is 1. The molecule has 0 saturated carbocycles. The number of allylic oxidation sites excluding steroid dienone is 4. The van der Waals surface area contributed by atoms with E-state index in [-0.39, 0.29) is 0 Å². The predicted octanol–water partition coefficient (Wildman–Crippen LogP) is 6.91. The van der Waals surface area contributed by atoms with Crippen molar-refractivity contribution in [2.75, 3.05) is 0 Å². The number of hydrogen-bond acceptors (Lipinski definition) is 1. The molecule has 1 atom stereocenters. The fraction of sp³-hybridized carbons (Fsp3) is 0.762. The van der Waals surface area contributed by atoms with E-state index < -0.39 is 5.97 Å². The van der Waals surface area contributed by atoms with Gasteiger partial charge in [0.15, 0.2) is 0 Å². The summed E-state index contributed by atoms with van der Waals surface area (Å²) in [5, 5.41) is 8.61. The quantitative estimate of drug-likeness (QED) is 0.278. The van der Waals surface area contributed by atoms with E-state index in [0.717, 1.165) is 32.1 Å². The van der Waals surface area contributed by atoms with Gasteiger partial charge in [-0.1, -0.05) is 69.2 Å². The van der Waals surface area contributed by atoms with Crippen molar-refractivity contribution in [3.05, 3.63) is 23.3 Å². The van der Waals surface area contributed by atoms with E-state index >= 15 is 0 Å². The third-order valence-corrected chi connectivity index (χ3v) is 4.23. The molecule has 0 spiro atoms. The molecule has 0 aromatic heterocycles. The van der Waals surface area contributed by atoms with Crippen molar-refractivity contribution in [3.63, 3.8) is 0 Å². The maximum Gasteiger partial charge on any atom is 0.303 e. The van der Waals surface area contributed by atoms with Crippen molar-refractivity contribution in [1.29, 1.82) is 0 Å².